The van der Waals surface area contributed by atoms with Gasteiger partial charge in [0.2, 0.25) is 11.9 Å². The van der Waals surface area contributed by atoms with Crippen molar-refractivity contribution in [1.29, 1.82) is 0 Å². The quantitative estimate of drug-likeness (QED) is 0.495. The smallest absolute Gasteiger partial charge is 0.239 e. The van der Waals surface area contributed by atoms with Crippen molar-refractivity contribution in [3.8, 4) is 0 Å². The fraction of sp³-hybridized carbons (Fsp3) is 0.423. The molecule has 11 heteroatoms. The van der Waals surface area contributed by atoms with Gasteiger partial charge in [0.15, 0.2) is 0 Å². The number of carbonyl (C=O) groups excluding carboxylic acids is 1. The van der Waals surface area contributed by atoms with Crippen LogP contribution < -0.4 is 10.2 Å². The maximum Gasteiger partial charge on any atom is 0.239 e. The molecular weight excluding hydrogens is 502 g/mol. The SMILES string of the molecule is CN(C(=O)C1CCCN1CO)C1CCN(c2nc(Nc3ccc(Cl)cc3F)c3cc(F)ccc3n2)CC1. The number of carbonyl (C=O) groups is 1. The molecule has 1 aromatic heterocycles. The van der Waals surface area contributed by atoms with E-state index in [0.29, 0.717) is 35.8 Å². The maximum atomic E-state index is 14.5. The molecule has 0 aliphatic carbocycles. The van der Waals surface area contributed by atoms with E-state index in [1.807, 2.05) is 21.7 Å². The third kappa shape index (κ3) is 5.32. The van der Waals surface area contributed by atoms with Crippen molar-refractivity contribution in [2.24, 2.45) is 0 Å². The lowest BCUT2D eigenvalue weighted by Crippen LogP contribution is -2.51. The summed E-state index contributed by atoms with van der Waals surface area (Å²) in [5.74, 6) is -0.205. The lowest BCUT2D eigenvalue weighted by Gasteiger charge is -2.38. The summed E-state index contributed by atoms with van der Waals surface area (Å²) < 4.78 is 28.5. The Labute approximate surface area is 218 Å². The zero-order chi connectivity index (χ0) is 26.1. The van der Waals surface area contributed by atoms with Gasteiger partial charge >= 0.3 is 0 Å². The van der Waals surface area contributed by atoms with Crippen LogP contribution in [0.25, 0.3) is 10.9 Å². The van der Waals surface area contributed by atoms with Gasteiger partial charge in [-0.05, 0) is 62.1 Å². The number of anilines is 3. The molecule has 196 valence electrons. The first-order valence-electron chi connectivity index (χ1n) is 12.4. The third-order valence-corrected chi connectivity index (χ3v) is 7.54. The predicted octanol–water partition coefficient (Wildman–Crippen LogP) is 4.15. The molecule has 3 aromatic rings. The summed E-state index contributed by atoms with van der Waals surface area (Å²) in [6.07, 6.45) is 3.13. The molecule has 1 unspecified atom stereocenters. The molecule has 1 amide bonds. The van der Waals surface area contributed by atoms with Crippen LogP contribution in [0, 0.1) is 11.6 Å². The van der Waals surface area contributed by atoms with E-state index in [1.165, 1.54) is 24.3 Å². The number of nitrogens with zero attached hydrogens (tertiary/aromatic N) is 5. The summed E-state index contributed by atoms with van der Waals surface area (Å²) in [4.78, 5) is 28.0. The predicted molar refractivity (Wildman–Crippen MR) is 139 cm³/mol. The molecule has 2 fully saturated rings. The van der Waals surface area contributed by atoms with Gasteiger partial charge in [-0.2, -0.15) is 4.98 Å². The Morgan fingerprint density at radius 1 is 1.14 bits per heavy atom. The first-order valence-corrected chi connectivity index (χ1v) is 12.8. The van der Waals surface area contributed by atoms with E-state index >= 15 is 0 Å². The Kier molecular flexibility index (Phi) is 7.41. The van der Waals surface area contributed by atoms with E-state index < -0.39 is 11.6 Å². The number of likely N-dealkylation sites (tertiary alicyclic amines) is 1. The lowest BCUT2D eigenvalue weighted by molar-refractivity contribution is -0.138. The number of fused-ring (bicyclic) bond motifs is 1. The van der Waals surface area contributed by atoms with Gasteiger partial charge in [-0.3, -0.25) is 9.69 Å². The van der Waals surface area contributed by atoms with Crippen molar-refractivity contribution in [3.63, 3.8) is 0 Å². The normalized spacial score (nSPS) is 18.9. The number of amides is 1. The largest absolute Gasteiger partial charge is 0.381 e. The van der Waals surface area contributed by atoms with E-state index in [2.05, 4.69) is 15.3 Å². The molecule has 0 radical (unpaired) electrons. The first-order chi connectivity index (χ1) is 17.8. The molecule has 0 spiro atoms. The molecule has 2 saturated heterocycles. The molecule has 1 atom stereocenters. The number of hydrogen-bond donors (Lipinski definition) is 2. The summed E-state index contributed by atoms with van der Waals surface area (Å²) in [5, 5.41) is 13.2. The molecule has 2 aromatic carbocycles. The van der Waals surface area contributed by atoms with Crippen LogP contribution in [-0.4, -0.2) is 76.3 Å². The number of hydrogen-bond acceptors (Lipinski definition) is 7. The number of likely N-dealkylation sites (N-methyl/N-ethyl adjacent to an activating group) is 1. The summed E-state index contributed by atoms with van der Waals surface area (Å²) in [6, 6.07) is 8.30. The van der Waals surface area contributed by atoms with Gasteiger partial charge in [0.05, 0.1) is 24.0 Å². The molecule has 8 nitrogen and oxygen atoms in total. The second kappa shape index (κ2) is 10.7. The Hall–Kier alpha value is -3.08. The van der Waals surface area contributed by atoms with E-state index in [9.17, 15) is 18.7 Å². The van der Waals surface area contributed by atoms with E-state index in [1.54, 1.807) is 12.1 Å². The molecule has 0 saturated carbocycles. The molecule has 2 aliphatic rings. The molecule has 5 rings (SSSR count). The number of aromatic nitrogens is 2. The van der Waals surface area contributed by atoms with Crippen molar-refractivity contribution in [3.05, 3.63) is 53.1 Å². The summed E-state index contributed by atoms with van der Waals surface area (Å²) in [5.41, 5.74) is 0.699. The number of rotatable bonds is 6. The van der Waals surface area contributed by atoms with Crippen molar-refractivity contribution < 1.29 is 18.7 Å². The average Bonchev–Trinajstić information content (AvgIpc) is 3.38. The topological polar surface area (TPSA) is 84.8 Å². The zero-order valence-electron chi connectivity index (χ0n) is 20.5. The molecule has 2 aliphatic heterocycles. The summed E-state index contributed by atoms with van der Waals surface area (Å²) >= 11 is 5.88. The van der Waals surface area contributed by atoms with Gasteiger partial charge in [-0.1, -0.05) is 11.6 Å². The molecule has 3 heterocycles. The molecule has 0 bridgehead atoms. The van der Waals surface area contributed by atoms with Crippen molar-refractivity contribution in [1.82, 2.24) is 19.8 Å². The van der Waals surface area contributed by atoms with Gasteiger partial charge in [0.1, 0.15) is 17.5 Å². The fourth-order valence-corrected chi connectivity index (χ4v) is 5.35. The van der Waals surface area contributed by atoms with Crippen LogP contribution in [0.15, 0.2) is 36.4 Å². The number of aliphatic hydroxyl groups is 1. The Bertz CT molecular complexity index is 1300. The Morgan fingerprint density at radius 3 is 2.65 bits per heavy atom. The number of nitrogens with one attached hydrogen (secondary N) is 1. The molecule has 2 N–H and O–H groups in total. The summed E-state index contributed by atoms with van der Waals surface area (Å²) in [6.45, 7) is 1.87. The van der Waals surface area contributed by atoms with Gasteiger partial charge in [-0.25, -0.2) is 13.8 Å². The number of piperidine rings is 1. The Morgan fingerprint density at radius 2 is 1.92 bits per heavy atom. The second-order valence-electron chi connectivity index (χ2n) is 9.56. The van der Waals surface area contributed by atoms with Gasteiger partial charge < -0.3 is 20.2 Å². The second-order valence-corrected chi connectivity index (χ2v) is 10.00. The zero-order valence-corrected chi connectivity index (χ0v) is 21.3. The fourth-order valence-electron chi connectivity index (χ4n) is 5.19. The number of halogens is 3. The van der Waals surface area contributed by atoms with Crippen LogP contribution in [0.1, 0.15) is 25.7 Å². The van der Waals surface area contributed by atoms with Crippen LogP contribution in [0.2, 0.25) is 5.02 Å². The van der Waals surface area contributed by atoms with Crippen molar-refractivity contribution in [2.45, 2.75) is 37.8 Å². The van der Waals surface area contributed by atoms with Gasteiger partial charge in [0, 0.05) is 43.1 Å². The minimum absolute atomic E-state index is 0.0467. The minimum atomic E-state index is -0.548. The standard InChI is InChI=1S/C26H29ClF2N6O2/c1-33(25(37)23-3-2-10-35(23)15-36)18-8-11-34(12-9-18)26-31-21-7-5-17(28)14-19(21)24(32-26)30-22-6-4-16(27)13-20(22)29/h4-7,13-14,18,23,36H,2-3,8-12,15H2,1H3,(H,30,31,32). The molecule has 37 heavy (non-hydrogen) atoms. The highest BCUT2D eigenvalue weighted by molar-refractivity contribution is 6.30. The highest BCUT2D eigenvalue weighted by Crippen LogP contribution is 2.31. The number of aliphatic hydroxyl groups excluding tert-OH is 1. The van der Waals surface area contributed by atoms with E-state index in [-0.39, 0.29) is 35.4 Å². The average molecular weight is 531 g/mol. The molecular formula is C26H29ClF2N6O2. The van der Waals surface area contributed by atoms with Crippen LogP contribution in [0.5, 0.6) is 0 Å². The van der Waals surface area contributed by atoms with Crippen LogP contribution >= 0.6 is 11.6 Å². The van der Waals surface area contributed by atoms with Gasteiger partial charge in [0.25, 0.3) is 0 Å². The van der Waals surface area contributed by atoms with Crippen molar-refractivity contribution >= 4 is 45.9 Å². The third-order valence-electron chi connectivity index (χ3n) is 7.30. The minimum Gasteiger partial charge on any atom is -0.381 e. The highest BCUT2D eigenvalue weighted by Gasteiger charge is 2.35. The van der Waals surface area contributed by atoms with E-state index in [4.69, 9.17) is 11.6 Å². The summed E-state index contributed by atoms with van der Waals surface area (Å²) in [7, 11) is 1.83. The van der Waals surface area contributed by atoms with Crippen LogP contribution in [-0.2, 0) is 4.79 Å². The monoisotopic (exact) mass is 530 g/mol. The highest BCUT2D eigenvalue weighted by atomic mass is 35.5. The Balaban J connectivity index is 1.34. The van der Waals surface area contributed by atoms with Crippen LogP contribution in [0.4, 0.5) is 26.2 Å². The first kappa shape index (κ1) is 25.6. The lowest BCUT2D eigenvalue weighted by atomic mass is 10.0. The van der Waals surface area contributed by atoms with E-state index in [0.717, 1.165) is 32.2 Å². The number of benzene rings is 2. The van der Waals surface area contributed by atoms with Crippen molar-refractivity contribution in [2.75, 3.05) is 43.6 Å². The maximum absolute atomic E-state index is 14.5. The van der Waals surface area contributed by atoms with Crippen LogP contribution in [0.3, 0.4) is 0 Å². The van der Waals surface area contributed by atoms with Gasteiger partial charge in [-0.15, -0.1) is 0 Å².